The van der Waals surface area contributed by atoms with Crippen LogP contribution in [-0.4, -0.2) is 22.9 Å². The quantitative estimate of drug-likeness (QED) is 0.287. The Morgan fingerprint density at radius 2 is 2.36 bits per heavy atom. The largest absolute Gasteiger partial charge is 0.160 e. The van der Waals surface area contributed by atoms with Gasteiger partial charge in [-0.05, 0) is 24.6 Å². The van der Waals surface area contributed by atoms with Crippen LogP contribution in [0.25, 0.3) is 10.4 Å². The highest BCUT2D eigenvalue weighted by atomic mass is 35.5. The van der Waals surface area contributed by atoms with Crippen LogP contribution in [0.2, 0.25) is 0 Å². The van der Waals surface area contributed by atoms with Crippen LogP contribution in [0.4, 0.5) is 0 Å². The van der Waals surface area contributed by atoms with Crippen LogP contribution in [0.1, 0.15) is 12.8 Å². The van der Waals surface area contributed by atoms with Gasteiger partial charge >= 0.3 is 0 Å². The minimum absolute atomic E-state index is 0.109. The van der Waals surface area contributed by atoms with Crippen molar-refractivity contribution in [1.29, 1.82) is 0 Å². The lowest BCUT2D eigenvalue weighted by atomic mass is 10.3. The summed E-state index contributed by atoms with van der Waals surface area (Å²) in [6.07, 6.45) is 3.91. The van der Waals surface area contributed by atoms with Crippen LogP contribution < -0.4 is 0 Å². The van der Waals surface area contributed by atoms with Crippen LogP contribution in [0, 0.1) is 0 Å². The number of hydrogen-bond acceptors (Lipinski definition) is 2. The second-order valence-electron chi connectivity index (χ2n) is 2.57. The topological polar surface area (TPSA) is 48.8 Å². The molecule has 1 aliphatic carbocycles. The zero-order chi connectivity index (χ0) is 8.27. The van der Waals surface area contributed by atoms with Crippen molar-refractivity contribution in [2.75, 3.05) is 6.26 Å². The predicted molar refractivity (Wildman–Crippen MR) is 49.1 cm³/mol. The maximum atomic E-state index is 8.23. The molecule has 0 amide bonds. The van der Waals surface area contributed by atoms with E-state index in [1.54, 1.807) is 11.8 Å². The fourth-order valence-electron chi connectivity index (χ4n) is 1.39. The first kappa shape index (κ1) is 9.04. The smallest absolute Gasteiger partial charge is 0.0507 e. The standard InChI is InChI=1S/C6H10ClN3S/c1-11-6-4(7)2-3-5(6)9-10-8/h4-6H,2-3H2,1H3/t4-,5-,6+/m1/s1. The monoisotopic (exact) mass is 191 g/mol. The Kier molecular flexibility index (Phi) is 3.37. The number of nitrogens with zero attached hydrogens (tertiary/aromatic N) is 3. The molecule has 0 aromatic carbocycles. The molecule has 0 spiro atoms. The Hall–Kier alpha value is -0.0500. The van der Waals surface area contributed by atoms with E-state index >= 15 is 0 Å². The maximum absolute atomic E-state index is 8.23. The summed E-state index contributed by atoms with van der Waals surface area (Å²) in [5.41, 5.74) is 8.23. The molecule has 0 aliphatic heterocycles. The van der Waals surface area contributed by atoms with Gasteiger partial charge < -0.3 is 0 Å². The normalized spacial score (nSPS) is 36.7. The molecule has 1 saturated carbocycles. The van der Waals surface area contributed by atoms with Gasteiger partial charge in [0.2, 0.25) is 0 Å². The van der Waals surface area contributed by atoms with Crippen molar-refractivity contribution < 1.29 is 0 Å². The van der Waals surface area contributed by atoms with Gasteiger partial charge in [0.25, 0.3) is 0 Å². The van der Waals surface area contributed by atoms with Gasteiger partial charge in [-0.3, -0.25) is 0 Å². The highest BCUT2D eigenvalue weighted by Gasteiger charge is 2.33. The lowest BCUT2D eigenvalue weighted by molar-refractivity contribution is 0.711. The number of alkyl halides is 1. The van der Waals surface area contributed by atoms with E-state index in [1.807, 2.05) is 6.26 Å². The Bertz CT molecular complexity index is 181. The predicted octanol–water partition coefficient (Wildman–Crippen LogP) is 2.80. The molecule has 0 saturated heterocycles. The Morgan fingerprint density at radius 1 is 1.64 bits per heavy atom. The molecule has 5 heteroatoms. The molecule has 0 aromatic heterocycles. The molecule has 0 N–H and O–H groups in total. The highest BCUT2D eigenvalue weighted by Crippen LogP contribution is 2.34. The van der Waals surface area contributed by atoms with Crippen LogP contribution in [-0.2, 0) is 0 Å². The fourth-order valence-corrected chi connectivity index (χ4v) is 2.93. The van der Waals surface area contributed by atoms with Gasteiger partial charge in [0, 0.05) is 15.5 Å². The van der Waals surface area contributed by atoms with E-state index in [1.165, 1.54) is 0 Å². The third kappa shape index (κ3) is 1.95. The van der Waals surface area contributed by atoms with E-state index in [-0.39, 0.29) is 11.4 Å². The summed E-state index contributed by atoms with van der Waals surface area (Å²) in [4.78, 5) is 2.80. The van der Waals surface area contributed by atoms with Crippen LogP contribution in [0.3, 0.4) is 0 Å². The number of rotatable bonds is 2. The minimum atomic E-state index is 0.109. The van der Waals surface area contributed by atoms with Crippen molar-refractivity contribution in [3.8, 4) is 0 Å². The molecule has 0 unspecified atom stereocenters. The molecule has 0 heterocycles. The number of hydrogen-bond donors (Lipinski definition) is 0. The van der Waals surface area contributed by atoms with Gasteiger partial charge in [-0.25, -0.2) is 0 Å². The molecule has 1 rings (SSSR count). The molecular weight excluding hydrogens is 182 g/mol. The first-order valence-electron chi connectivity index (χ1n) is 3.50. The average molecular weight is 192 g/mol. The van der Waals surface area contributed by atoms with Gasteiger partial charge in [-0.1, -0.05) is 5.11 Å². The first-order chi connectivity index (χ1) is 5.29. The molecule has 0 bridgehead atoms. The lowest BCUT2D eigenvalue weighted by Gasteiger charge is -2.14. The van der Waals surface area contributed by atoms with E-state index in [0.717, 1.165) is 12.8 Å². The molecule has 1 aliphatic rings. The van der Waals surface area contributed by atoms with Gasteiger partial charge in [-0.15, -0.1) is 11.6 Å². The minimum Gasteiger partial charge on any atom is -0.160 e. The third-order valence-corrected chi connectivity index (χ3v) is 3.77. The molecule has 3 nitrogen and oxygen atoms in total. The van der Waals surface area contributed by atoms with Crippen molar-refractivity contribution in [3.05, 3.63) is 10.4 Å². The van der Waals surface area contributed by atoms with E-state index in [4.69, 9.17) is 17.1 Å². The van der Waals surface area contributed by atoms with Crippen LogP contribution >= 0.6 is 23.4 Å². The van der Waals surface area contributed by atoms with Gasteiger partial charge in [0.15, 0.2) is 0 Å². The van der Waals surface area contributed by atoms with Crippen molar-refractivity contribution in [2.45, 2.75) is 29.5 Å². The van der Waals surface area contributed by atoms with Crippen molar-refractivity contribution in [3.63, 3.8) is 0 Å². The zero-order valence-electron chi connectivity index (χ0n) is 6.27. The lowest BCUT2D eigenvalue weighted by Crippen LogP contribution is -2.19. The van der Waals surface area contributed by atoms with Crippen molar-refractivity contribution >= 4 is 23.4 Å². The summed E-state index contributed by atoms with van der Waals surface area (Å²) < 4.78 is 0. The summed E-state index contributed by atoms with van der Waals surface area (Å²) in [7, 11) is 0. The van der Waals surface area contributed by atoms with Gasteiger partial charge in [0.05, 0.1) is 6.04 Å². The number of thioether (sulfide) groups is 1. The Morgan fingerprint density at radius 3 is 2.91 bits per heavy atom. The third-order valence-electron chi connectivity index (χ3n) is 1.95. The molecule has 62 valence electrons. The maximum Gasteiger partial charge on any atom is 0.0507 e. The number of halogens is 1. The van der Waals surface area contributed by atoms with E-state index < -0.39 is 0 Å². The SMILES string of the molecule is CS[C@H]1[C@H](Cl)CC[C@H]1N=[N+]=[N-]. The molecule has 0 radical (unpaired) electrons. The van der Waals surface area contributed by atoms with Gasteiger partial charge in [-0.2, -0.15) is 11.8 Å². The van der Waals surface area contributed by atoms with E-state index in [9.17, 15) is 0 Å². The second-order valence-corrected chi connectivity index (χ2v) is 4.14. The summed E-state index contributed by atoms with van der Waals surface area (Å²) in [6.45, 7) is 0. The summed E-state index contributed by atoms with van der Waals surface area (Å²) in [6, 6.07) is 0.109. The van der Waals surface area contributed by atoms with E-state index in [0.29, 0.717) is 5.25 Å². The molecule has 0 aromatic rings. The van der Waals surface area contributed by atoms with E-state index in [2.05, 4.69) is 10.0 Å². The Balaban J connectivity index is 2.60. The summed E-state index contributed by atoms with van der Waals surface area (Å²) in [5, 5.41) is 4.20. The van der Waals surface area contributed by atoms with Crippen LogP contribution in [0.15, 0.2) is 5.11 Å². The second kappa shape index (κ2) is 4.10. The summed E-state index contributed by atoms with van der Waals surface area (Å²) in [5.74, 6) is 0. The van der Waals surface area contributed by atoms with Crippen molar-refractivity contribution in [1.82, 2.24) is 0 Å². The van der Waals surface area contributed by atoms with Gasteiger partial charge in [0.1, 0.15) is 0 Å². The molecule has 3 atom stereocenters. The zero-order valence-corrected chi connectivity index (χ0v) is 7.85. The summed E-state index contributed by atoms with van der Waals surface area (Å²) >= 11 is 7.70. The number of azide groups is 1. The fraction of sp³-hybridized carbons (Fsp3) is 1.00. The van der Waals surface area contributed by atoms with Crippen LogP contribution in [0.5, 0.6) is 0 Å². The molecule has 11 heavy (non-hydrogen) atoms. The Labute approximate surface area is 75.1 Å². The molecule has 1 fully saturated rings. The molecular formula is C6H10ClN3S. The first-order valence-corrected chi connectivity index (χ1v) is 5.23. The van der Waals surface area contributed by atoms with Crippen molar-refractivity contribution in [2.24, 2.45) is 5.11 Å². The average Bonchev–Trinajstić information content (AvgIpc) is 2.33. The highest BCUT2D eigenvalue weighted by molar-refractivity contribution is 7.99.